The molecule has 0 bridgehead atoms. The van der Waals surface area contributed by atoms with Crippen LogP contribution in [0.5, 0.6) is 5.88 Å². The molecule has 0 fully saturated rings. The highest BCUT2D eigenvalue weighted by molar-refractivity contribution is 9.10. The van der Waals surface area contributed by atoms with E-state index in [0.29, 0.717) is 17.1 Å². The van der Waals surface area contributed by atoms with Gasteiger partial charge in [-0.15, -0.1) is 0 Å². The van der Waals surface area contributed by atoms with Gasteiger partial charge in [-0.2, -0.15) is 0 Å². The van der Waals surface area contributed by atoms with Crippen molar-refractivity contribution in [3.05, 3.63) is 57.3 Å². The number of rotatable bonds is 5. The number of nitrogens with one attached hydrogen (secondary N) is 2. The maximum absolute atomic E-state index is 12.7. The normalized spacial score (nSPS) is 10.9. The van der Waals surface area contributed by atoms with Crippen molar-refractivity contribution in [2.24, 2.45) is 0 Å². The Morgan fingerprint density at radius 3 is 2.92 bits per heavy atom. The van der Waals surface area contributed by atoms with E-state index in [0.717, 1.165) is 26.5 Å². The zero-order valence-corrected chi connectivity index (χ0v) is 15.5. The third kappa shape index (κ3) is 3.52. The maximum Gasteiger partial charge on any atom is 0.252 e. The van der Waals surface area contributed by atoms with Gasteiger partial charge in [0.15, 0.2) is 0 Å². The topological polar surface area (TPSA) is 87.2 Å². The molecule has 0 unspecified atom stereocenters. The predicted molar refractivity (Wildman–Crippen MR) is 98.6 cm³/mol. The van der Waals surface area contributed by atoms with Crippen LogP contribution in [0.3, 0.4) is 0 Å². The number of pyridine rings is 1. The molecule has 2 aromatic heterocycles. The second-order valence-corrected chi connectivity index (χ2v) is 6.57. The van der Waals surface area contributed by atoms with Crippen molar-refractivity contribution in [3.8, 4) is 5.88 Å². The summed E-state index contributed by atoms with van der Waals surface area (Å²) in [6.07, 6.45) is 1.80. The average Bonchev–Trinajstić information content (AvgIpc) is 3.07. The highest BCUT2D eigenvalue weighted by atomic mass is 79.9. The first-order chi connectivity index (χ1) is 12.0. The second-order valence-electron chi connectivity index (χ2n) is 5.65. The molecule has 0 saturated carbocycles. The molecule has 130 valence electrons. The van der Waals surface area contributed by atoms with Gasteiger partial charge in [0.25, 0.3) is 5.91 Å². The molecule has 0 spiro atoms. The Labute approximate surface area is 153 Å². The lowest BCUT2D eigenvalue weighted by molar-refractivity contribution is 0.0952. The van der Waals surface area contributed by atoms with Crippen LogP contribution in [-0.2, 0) is 13.2 Å². The number of nitrogens with zero attached hydrogens (tertiary/aromatic N) is 1. The zero-order chi connectivity index (χ0) is 18.0. The third-order valence-corrected chi connectivity index (χ3v) is 4.48. The minimum Gasteiger partial charge on any atom is -0.481 e. The number of aliphatic hydroxyl groups is 1. The van der Waals surface area contributed by atoms with Crippen molar-refractivity contribution in [1.29, 1.82) is 0 Å². The number of aromatic amines is 1. The number of hydrogen-bond donors (Lipinski definition) is 3. The van der Waals surface area contributed by atoms with E-state index < -0.39 is 0 Å². The monoisotopic (exact) mass is 403 g/mol. The summed E-state index contributed by atoms with van der Waals surface area (Å²) in [5.74, 6) is 0.226. The van der Waals surface area contributed by atoms with Gasteiger partial charge in [-0.1, -0.05) is 15.9 Å². The molecule has 2 heterocycles. The van der Waals surface area contributed by atoms with Crippen LogP contribution in [0.15, 0.2) is 34.9 Å². The van der Waals surface area contributed by atoms with Crippen molar-refractivity contribution >= 4 is 32.7 Å². The van der Waals surface area contributed by atoms with Crippen LogP contribution in [0.1, 0.15) is 27.2 Å². The summed E-state index contributed by atoms with van der Waals surface area (Å²) < 4.78 is 6.13. The number of benzene rings is 1. The molecule has 0 saturated heterocycles. The Hall–Kier alpha value is -2.38. The van der Waals surface area contributed by atoms with E-state index >= 15 is 0 Å². The maximum atomic E-state index is 12.7. The fourth-order valence-corrected chi connectivity index (χ4v) is 3.24. The van der Waals surface area contributed by atoms with Gasteiger partial charge in [-0.25, -0.2) is 4.98 Å². The summed E-state index contributed by atoms with van der Waals surface area (Å²) in [7, 11) is 1.52. The summed E-state index contributed by atoms with van der Waals surface area (Å²) in [6, 6.07) is 7.38. The zero-order valence-electron chi connectivity index (χ0n) is 13.9. The molecule has 6 nitrogen and oxygen atoms in total. The summed E-state index contributed by atoms with van der Waals surface area (Å²) in [5.41, 5.74) is 3.69. The van der Waals surface area contributed by atoms with Crippen molar-refractivity contribution in [3.63, 3.8) is 0 Å². The number of methoxy groups -OCH3 is 1. The van der Waals surface area contributed by atoms with Crippen molar-refractivity contribution in [1.82, 2.24) is 15.3 Å². The van der Waals surface area contributed by atoms with Crippen molar-refractivity contribution in [2.75, 3.05) is 7.11 Å². The minimum atomic E-state index is -0.182. The molecule has 3 aromatic rings. The molecule has 3 rings (SSSR count). The number of hydrogen-bond acceptors (Lipinski definition) is 4. The summed E-state index contributed by atoms with van der Waals surface area (Å²) >= 11 is 3.43. The molecular formula is C18H18BrN3O3. The number of amides is 1. The SMILES string of the molecule is COc1nc(CO)cc(C)c1CNC(=O)c1cc(Br)cc2[nH]ccc12. The molecule has 0 radical (unpaired) electrons. The Balaban J connectivity index is 1.86. The average molecular weight is 404 g/mol. The molecule has 0 aliphatic carbocycles. The van der Waals surface area contributed by atoms with E-state index in [-0.39, 0.29) is 19.1 Å². The fourth-order valence-electron chi connectivity index (χ4n) is 2.78. The Morgan fingerprint density at radius 1 is 1.40 bits per heavy atom. The van der Waals surface area contributed by atoms with Gasteiger partial charge in [0.1, 0.15) is 0 Å². The second kappa shape index (κ2) is 7.25. The van der Waals surface area contributed by atoms with Gasteiger partial charge >= 0.3 is 0 Å². The summed E-state index contributed by atoms with van der Waals surface area (Å²) in [4.78, 5) is 20.0. The largest absolute Gasteiger partial charge is 0.481 e. The summed E-state index contributed by atoms with van der Waals surface area (Å²) in [5, 5.41) is 13.0. The number of halogens is 1. The Kier molecular flexibility index (Phi) is 5.06. The molecule has 7 heteroatoms. The van der Waals surface area contributed by atoms with Crippen LogP contribution in [-0.4, -0.2) is 28.1 Å². The first kappa shape index (κ1) is 17.4. The molecular weight excluding hydrogens is 386 g/mol. The number of aliphatic hydroxyl groups excluding tert-OH is 1. The van der Waals surface area contributed by atoms with E-state index in [1.807, 2.05) is 19.1 Å². The standard InChI is InChI=1S/C18H18BrN3O3/c1-10-5-12(9-23)22-18(25-2)15(10)8-21-17(24)14-6-11(19)7-16-13(14)3-4-20-16/h3-7,20,23H,8-9H2,1-2H3,(H,21,24). The number of carbonyl (C=O) groups is 1. The van der Waals surface area contributed by atoms with Crippen LogP contribution in [0.25, 0.3) is 10.9 Å². The van der Waals surface area contributed by atoms with E-state index in [1.54, 1.807) is 18.3 Å². The quantitative estimate of drug-likeness (QED) is 0.610. The number of H-pyrrole nitrogens is 1. The van der Waals surface area contributed by atoms with E-state index in [2.05, 4.69) is 31.2 Å². The van der Waals surface area contributed by atoms with Gasteiger partial charge in [0.2, 0.25) is 5.88 Å². The number of fused-ring (bicyclic) bond motifs is 1. The Bertz CT molecular complexity index is 937. The lowest BCUT2D eigenvalue weighted by Gasteiger charge is -2.13. The van der Waals surface area contributed by atoms with Crippen LogP contribution < -0.4 is 10.1 Å². The number of carbonyl (C=O) groups excluding carboxylic acids is 1. The van der Waals surface area contributed by atoms with Crippen LogP contribution in [0.2, 0.25) is 0 Å². The lowest BCUT2D eigenvalue weighted by atomic mass is 10.1. The molecule has 1 amide bonds. The first-order valence-corrected chi connectivity index (χ1v) is 8.52. The molecule has 25 heavy (non-hydrogen) atoms. The molecule has 1 aromatic carbocycles. The number of ether oxygens (including phenoxy) is 1. The highest BCUT2D eigenvalue weighted by Crippen LogP contribution is 2.24. The van der Waals surface area contributed by atoms with Crippen molar-refractivity contribution < 1.29 is 14.6 Å². The predicted octanol–water partition coefficient (Wildman–Crippen LogP) is 3.06. The van der Waals surface area contributed by atoms with Gasteiger partial charge in [-0.05, 0) is 36.8 Å². The van der Waals surface area contributed by atoms with Gasteiger partial charge in [-0.3, -0.25) is 4.79 Å². The fraction of sp³-hybridized carbons (Fsp3) is 0.222. The molecule has 0 aliphatic rings. The van der Waals surface area contributed by atoms with Crippen LogP contribution in [0.4, 0.5) is 0 Å². The highest BCUT2D eigenvalue weighted by Gasteiger charge is 2.15. The van der Waals surface area contributed by atoms with Gasteiger partial charge in [0.05, 0.1) is 19.4 Å². The number of aromatic nitrogens is 2. The van der Waals surface area contributed by atoms with Crippen LogP contribution in [0, 0.1) is 6.92 Å². The van der Waals surface area contributed by atoms with Gasteiger partial charge in [0, 0.05) is 39.2 Å². The van der Waals surface area contributed by atoms with Gasteiger partial charge < -0.3 is 20.1 Å². The van der Waals surface area contributed by atoms with E-state index in [9.17, 15) is 9.90 Å². The Morgan fingerprint density at radius 2 is 2.20 bits per heavy atom. The first-order valence-electron chi connectivity index (χ1n) is 7.72. The molecule has 0 aliphatic heterocycles. The molecule has 3 N–H and O–H groups in total. The smallest absolute Gasteiger partial charge is 0.252 e. The third-order valence-electron chi connectivity index (χ3n) is 4.02. The number of aryl methyl sites for hydroxylation is 1. The van der Waals surface area contributed by atoms with Crippen molar-refractivity contribution in [2.45, 2.75) is 20.1 Å². The van der Waals surface area contributed by atoms with E-state index in [1.165, 1.54) is 7.11 Å². The minimum absolute atomic E-state index is 0.159. The van der Waals surface area contributed by atoms with Crippen LogP contribution >= 0.6 is 15.9 Å². The summed E-state index contributed by atoms with van der Waals surface area (Å²) in [6.45, 7) is 2.02. The van der Waals surface area contributed by atoms with E-state index in [4.69, 9.17) is 4.74 Å². The lowest BCUT2D eigenvalue weighted by Crippen LogP contribution is -2.24. The molecule has 0 atom stereocenters.